The fraction of sp³-hybridized carbons (Fsp3) is 0.345. The highest BCUT2D eigenvalue weighted by Gasteiger charge is 2.44. The molecule has 18 nitrogen and oxygen atoms in total. The average Bonchev–Trinajstić information content (AvgIpc) is 3.30. The van der Waals surface area contributed by atoms with Crippen molar-refractivity contribution in [2.24, 2.45) is 0 Å². The monoisotopic (exact) mass is 1000 g/mol. The van der Waals surface area contributed by atoms with Gasteiger partial charge in [-0.1, -0.05) is 6.92 Å². The van der Waals surface area contributed by atoms with Crippen LogP contribution in [0.5, 0.6) is 69.0 Å². The lowest BCUT2D eigenvalue weighted by molar-refractivity contribution is -0.537. The van der Waals surface area contributed by atoms with Gasteiger partial charge < -0.3 is 91.9 Å². The maximum Gasteiger partial charge on any atom is 0.122 e. The number of rotatable bonds is 7. The van der Waals surface area contributed by atoms with E-state index >= 15 is 0 Å². The molecule has 0 saturated heterocycles. The molecule has 3 aliphatic rings. The molecule has 0 amide bonds. The summed E-state index contributed by atoms with van der Waals surface area (Å²) in [6, 6.07) is 15.4. The molecular weight excluding hydrogens is 949 g/mol. The lowest BCUT2D eigenvalue weighted by Gasteiger charge is -2.62. The molecule has 3 saturated carbocycles. The molecule has 12 N–H and O–H groups in total. The Kier molecular flexibility index (Phi) is 14.9. The average molecular weight is 1010 g/mol. The van der Waals surface area contributed by atoms with Crippen LogP contribution in [0, 0.1) is 34.6 Å². The van der Waals surface area contributed by atoms with E-state index in [1.54, 1.807) is 34.6 Å². The van der Waals surface area contributed by atoms with Crippen LogP contribution >= 0.6 is 0 Å². The topological polar surface area (TPSA) is 381 Å². The Morgan fingerprint density at radius 1 is 0.288 bits per heavy atom. The number of hydrogen-bond acceptors (Lipinski definition) is 18. The van der Waals surface area contributed by atoms with E-state index in [0.717, 1.165) is 36.4 Å². The minimum Gasteiger partial charge on any atom is -0.851 e. The van der Waals surface area contributed by atoms with E-state index in [0.29, 0.717) is 39.8 Å². The minimum absolute atomic E-state index is 0.0728. The van der Waals surface area contributed by atoms with Gasteiger partial charge in [0, 0.05) is 36.4 Å². The second kappa shape index (κ2) is 20.3. The van der Waals surface area contributed by atoms with Crippen LogP contribution in [-0.2, 0) is 6.42 Å². The molecule has 0 aromatic heterocycles. The molecule has 18 heteroatoms. The molecule has 3 aliphatic carbocycles. The summed E-state index contributed by atoms with van der Waals surface area (Å²) < 4.78 is 0. The van der Waals surface area contributed by atoms with Crippen molar-refractivity contribution in [1.82, 2.24) is 0 Å². The number of benzene rings is 6. The first-order valence-electron chi connectivity index (χ1n) is 23.3. The zero-order valence-electron chi connectivity index (χ0n) is 40.4. The molecule has 0 heterocycles. The largest absolute Gasteiger partial charge is 0.851 e. The van der Waals surface area contributed by atoms with Crippen molar-refractivity contribution in [2.75, 3.05) is 0 Å². The van der Waals surface area contributed by atoms with Crippen LogP contribution in [0.15, 0.2) is 72.8 Å². The zero-order chi connectivity index (χ0) is 54.0. The van der Waals surface area contributed by atoms with Crippen LogP contribution < -0.4 is 30.6 Å². The van der Waals surface area contributed by atoms with Gasteiger partial charge in [0.25, 0.3) is 0 Å². The van der Waals surface area contributed by atoms with Gasteiger partial charge in [-0.15, -0.1) is 36.6 Å². The highest BCUT2D eigenvalue weighted by molar-refractivity contribution is 5.56. The van der Waals surface area contributed by atoms with Gasteiger partial charge in [0.2, 0.25) is 0 Å². The van der Waals surface area contributed by atoms with Gasteiger partial charge in [0.15, 0.2) is 0 Å². The molecule has 2 atom stereocenters. The number of hydrogen-bond donors (Lipinski definition) is 12. The normalized spacial score (nSPS) is 26.0. The van der Waals surface area contributed by atoms with E-state index in [1.165, 1.54) is 36.4 Å². The Bertz CT molecular complexity index is 2850. The van der Waals surface area contributed by atoms with Crippen molar-refractivity contribution < 1.29 is 91.9 Å². The molecule has 0 aliphatic heterocycles. The quantitative estimate of drug-likeness (QED) is 0.108. The van der Waals surface area contributed by atoms with Gasteiger partial charge in [-0.3, -0.25) is 0 Å². The second-order valence-corrected chi connectivity index (χ2v) is 19.3. The van der Waals surface area contributed by atoms with E-state index in [9.17, 15) is 91.9 Å². The van der Waals surface area contributed by atoms with E-state index in [-0.39, 0.29) is 102 Å². The molecule has 9 rings (SSSR count). The summed E-state index contributed by atoms with van der Waals surface area (Å²) in [4.78, 5) is 0. The third-order valence-electron chi connectivity index (χ3n) is 14.7. The van der Waals surface area contributed by atoms with E-state index < -0.39 is 72.1 Å². The van der Waals surface area contributed by atoms with E-state index in [1.807, 2.05) is 6.92 Å². The standard InChI is InChI=1S/C19H20O6.2C18H18O6/c1-3-9-5-11(15(23)7-13(9)21)17-18(24)16(19(17)25)10-4-8(2)12(20)6-14(10)22;1-7-3-9(13(21)5-11(7)19)15-17(23)16(18(15)24)10-4-8(2)12(20)6-14(10)22;1-7-3-9(19)5-11(21)13(7)15-17(23)16(18(15)24)14-8(2)4-10(20)6-12(14)22/h4-7,16-23H,3H2,1-2H3;2*3-6,15-22H,1-2H3/q3*-2. The summed E-state index contributed by atoms with van der Waals surface area (Å²) in [6.07, 6.45) is -7.52. The second-order valence-electron chi connectivity index (χ2n) is 19.3. The van der Waals surface area contributed by atoms with Crippen LogP contribution in [0.3, 0.4) is 0 Å². The molecule has 390 valence electrons. The molecule has 6 aromatic rings. The summed E-state index contributed by atoms with van der Waals surface area (Å²) in [5.74, 6) is -8.07. The number of phenolic OH excluding ortho intramolecular Hbond substituents is 12. The fourth-order valence-electron chi connectivity index (χ4n) is 10.6. The van der Waals surface area contributed by atoms with Crippen LogP contribution in [0.4, 0.5) is 0 Å². The Balaban J connectivity index is 0.000000160. The SMILES string of the molecule is CCc1cc(C2C([O-])C(c3cc(C)c(O)cc3O)C2[O-])c(O)cc1O.Cc1cc(C2C([O-])C(c3cc(C)c(O)cc3O)C2[O-])c(O)cc1O.Cc1cc(O)cc(O)c1C1C([O-])C(c2c(C)cc(O)cc2O)C1[O-]. The van der Waals surface area contributed by atoms with Crippen molar-refractivity contribution >= 4 is 0 Å². The van der Waals surface area contributed by atoms with E-state index in [2.05, 4.69) is 0 Å². The van der Waals surface area contributed by atoms with E-state index in [4.69, 9.17) is 0 Å². The summed E-state index contributed by atoms with van der Waals surface area (Å²) in [7, 11) is 0. The molecule has 3 fully saturated rings. The molecule has 2 unspecified atom stereocenters. The van der Waals surface area contributed by atoms with Crippen LogP contribution in [0.1, 0.15) is 109 Å². The summed E-state index contributed by atoms with van der Waals surface area (Å²) in [5.41, 5.74) is 4.31. The number of phenols is 12. The predicted molar refractivity (Wildman–Crippen MR) is 251 cm³/mol. The molecule has 6 aromatic carbocycles. The Hall–Kier alpha value is -7.32. The van der Waals surface area contributed by atoms with Gasteiger partial charge in [0.05, 0.1) is 0 Å². The molecule has 0 spiro atoms. The molecular formula is C55H56O18-6. The highest BCUT2D eigenvalue weighted by Crippen LogP contribution is 2.54. The first-order valence-corrected chi connectivity index (χ1v) is 23.3. The fourth-order valence-corrected chi connectivity index (χ4v) is 10.6. The molecule has 0 bridgehead atoms. The summed E-state index contributed by atoms with van der Waals surface area (Å²) in [5, 5.41) is 193. The van der Waals surface area contributed by atoms with Crippen molar-refractivity contribution in [1.29, 1.82) is 0 Å². The molecule has 73 heavy (non-hydrogen) atoms. The Morgan fingerprint density at radius 3 is 0.822 bits per heavy atom. The van der Waals surface area contributed by atoms with Crippen molar-refractivity contribution in [3.8, 4) is 69.0 Å². The first kappa shape index (κ1) is 53.5. The summed E-state index contributed by atoms with van der Waals surface area (Å²) >= 11 is 0. The van der Waals surface area contributed by atoms with Crippen LogP contribution in [0.25, 0.3) is 0 Å². The third-order valence-corrected chi connectivity index (χ3v) is 14.7. The van der Waals surface area contributed by atoms with Crippen LogP contribution in [0.2, 0.25) is 0 Å². The van der Waals surface area contributed by atoms with Crippen LogP contribution in [-0.4, -0.2) is 97.9 Å². The van der Waals surface area contributed by atoms with Crippen molar-refractivity contribution in [2.45, 2.75) is 120 Å². The Labute approximate surface area is 419 Å². The van der Waals surface area contributed by atoms with Gasteiger partial charge in [-0.05, 0) is 180 Å². The van der Waals surface area contributed by atoms with Crippen molar-refractivity contribution in [3.05, 3.63) is 140 Å². The summed E-state index contributed by atoms with van der Waals surface area (Å²) in [6.45, 7) is 9.90. The third kappa shape index (κ3) is 9.60. The zero-order valence-corrected chi connectivity index (χ0v) is 40.4. The lowest BCUT2D eigenvalue weighted by atomic mass is 9.61. The lowest BCUT2D eigenvalue weighted by Crippen LogP contribution is -2.63. The van der Waals surface area contributed by atoms with Gasteiger partial charge in [-0.2, -0.15) is 0 Å². The van der Waals surface area contributed by atoms with Crippen molar-refractivity contribution in [3.63, 3.8) is 0 Å². The predicted octanol–water partition coefficient (Wildman–Crippen LogP) is 1.65. The maximum atomic E-state index is 12.7. The smallest absolute Gasteiger partial charge is 0.122 e. The van der Waals surface area contributed by atoms with Gasteiger partial charge in [-0.25, -0.2) is 0 Å². The molecule has 0 radical (unpaired) electrons. The number of aryl methyl sites for hydroxylation is 6. The Morgan fingerprint density at radius 2 is 0.548 bits per heavy atom. The first-order chi connectivity index (χ1) is 34.2. The highest BCUT2D eigenvalue weighted by atomic mass is 16.3. The van der Waals surface area contributed by atoms with Gasteiger partial charge >= 0.3 is 0 Å². The maximum absolute atomic E-state index is 12.7. The minimum atomic E-state index is -1.34. The van der Waals surface area contributed by atoms with Gasteiger partial charge in [0.1, 0.15) is 69.0 Å². The number of aromatic hydroxyl groups is 12.